The fourth-order valence-corrected chi connectivity index (χ4v) is 0.401. The molecule has 48 valence electrons. The molecule has 0 bridgehead atoms. The summed E-state index contributed by atoms with van der Waals surface area (Å²) in [7, 11) is 1.62. The Kier molecular flexibility index (Phi) is 4.36. The maximum Gasteiger partial charge on any atom is 0.0884 e. The quantitative estimate of drug-likeness (QED) is 0.552. The lowest BCUT2D eigenvalue weighted by Gasteiger charge is -1.99. The molecule has 0 radical (unpaired) electrons. The highest BCUT2D eigenvalue weighted by Crippen LogP contribution is 1.99. The molecule has 0 aliphatic carbocycles. The van der Waals surface area contributed by atoms with E-state index in [1.807, 2.05) is 0 Å². The highest BCUT2D eigenvalue weighted by Gasteiger charge is 1.87. The van der Waals surface area contributed by atoms with Gasteiger partial charge in [0, 0.05) is 6.42 Å². The van der Waals surface area contributed by atoms with Crippen molar-refractivity contribution in [2.45, 2.75) is 12.8 Å². The second-order valence-corrected chi connectivity index (χ2v) is 1.64. The third kappa shape index (κ3) is 3.68. The second kappa shape index (κ2) is 4.65. The minimum atomic E-state index is 0.711. The van der Waals surface area contributed by atoms with E-state index in [1.165, 1.54) is 0 Å². The summed E-state index contributed by atoms with van der Waals surface area (Å²) in [5.74, 6) is 0.815. The summed E-state index contributed by atoms with van der Waals surface area (Å²) in [6, 6.07) is 0. The highest BCUT2D eigenvalue weighted by atomic mass is 16.5. The molecule has 0 saturated carbocycles. The Bertz CT molecular complexity index is 70.9. The van der Waals surface area contributed by atoms with Gasteiger partial charge in [0.1, 0.15) is 0 Å². The van der Waals surface area contributed by atoms with Crippen LogP contribution in [-0.2, 0) is 4.74 Å². The number of nitrogens with two attached hydrogens (primary N) is 1. The van der Waals surface area contributed by atoms with Crippen LogP contribution in [0.2, 0.25) is 0 Å². The first kappa shape index (κ1) is 7.50. The van der Waals surface area contributed by atoms with E-state index in [2.05, 4.69) is 6.58 Å². The average Bonchev–Trinajstić information content (AvgIpc) is 1.83. The van der Waals surface area contributed by atoms with Crippen LogP contribution in [0.5, 0.6) is 0 Å². The summed E-state index contributed by atoms with van der Waals surface area (Å²) >= 11 is 0. The largest absolute Gasteiger partial charge is 0.502 e. The maximum absolute atomic E-state index is 5.23. The lowest BCUT2D eigenvalue weighted by molar-refractivity contribution is 0.277. The van der Waals surface area contributed by atoms with Crippen molar-refractivity contribution in [2.24, 2.45) is 5.73 Å². The van der Waals surface area contributed by atoms with E-state index in [0.717, 1.165) is 18.6 Å². The van der Waals surface area contributed by atoms with Crippen LogP contribution < -0.4 is 5.73 Å². The highest BCUT2D eigenvalue weighted by molar-refractivity contribution is 4.80. The molecule has 0 atom stereocenters. The molecule has 0 aliphatic rings. The molecule has 2 N–H and O–H groups in total. The predicted molar refractivity (Wildman–Crippen MR) is 34.4 cm³/mol. The second-order valence-electron chi connectivity index (χ2n) is 1.64. The van der Waals surface area contributed by atoms with Crippen molar-refractivity contribution >= 4 is 0 Å². The Morgan fingerprint density at radius 1 is 1.75 bits per heavy atom. The first-order valence-corrected chi connectivity index (χ1v) is 2.73. The molecule has 0 unspecified atom stereocenters. The van der Waals surface area contributed by atoms with Gasteiger partial charge in [-0.2, -0.15) is 0 Å². The number of rotatable bonds is 4. The van der Waals surface area contributed by atoms with Crippen LogP contribution in [0.3, 0.4) is 0 Å². The normalized spacial score (nSPS) is 8.75. The lowest BCUT2D eigenvalue weighted by Crippen LogP contribution is -1.98. The first-order valence-electron chi connectivity index (χ1n) is 2.73. The molecule has 0 aromatic carbocycles. The van der Waals surface area contributed by atoms with Crippen LogP contribution in [0.15, 0.2) is 12.3 Å². The Morgan fingerprint density at radius 3 is 2.75 bits per heavy atom. The van der Waals surface area contributed by atoms with Crippen LogP contribution in [-0.4, -0.2) is 13.7 Å². The zero-order chi connectivity index (χ0) is 6.41. The van der Waals surface area contributed by atoms with E-state index >= 15 is 0 Å². The van der Waals surface area contributed by atoms with Crippen LogP contribution >= 0.6 is 0 Å². The molecule has 0 aliphatic heterocycles. The molecule has 0 amide bonds. The van der Waals surface area contributed by atoms with Crippen molar-refractivity contribution in [1.82, 2.24) is 0 Å². The number of methoxy groups -OCH3 is 1. The topological polar surface area (TPSA) is 35.2 Å². The van der Waals surface area contributed by atoms with Crippen LogP contribution in [0, 0.1) is 0 Å². The molecule has 0 aromatic rings. The summed E-state index contributed by atoms with van der Waals surface area (Å²) in [4.78, 5) is 0. The third-order valence-corrected chi connectivity index (χ3v) is 0.948. The Morgan fingerprint density at radius 2 is 2.38 bits per heavy atom. The summed E-state index contributed by atoms with van der Waals surface area (Å²) in [5.41, 5.74) is 5.23. The molecule has 0 rings (SSSR count). The van der Waals surface area contributed by atoms with Gasteiger partial charge in [0.15, 0.2) is 0 Å². The Labute approximate surface area is 50.3 Å². The van der Waals surface area contributed by atoms with Crippen molar-refractivity contribution in [3.05, 3.63) is 12.3 Å². The SMILES string of the molecule is C=C(CCCN)OC. The molecular weight excluding hydrogens is 102 g/mol. The zero-order valence-corrected chi connectivity index (χ0v) is 5.31. The molecule has 0 fully saturated rings. The van der Waals surface area contributed by atoms with Gasteiger partial charge in [0.25, 0.3) is 0 Å². The van der Waals surface area contributed by atoms with Gasteiger partial charge in [-0.3, -0.25) is 0 Å². The molecule has 2 nitrogen and oxygen atoms in total. The Hall–Kier alpha value is -0.500. The van der Waals surface area contributed by atoms with Gasteiger partial charge in [-0.05, 0) is 13.0 Å². The molecule has 8 heavy (non-hydrogen) atoms. The minimum Gasteiger partial charge on any atom is -0.502 e. The van der Waals surface area contributed by atoms with E-state index < -0.39 is 0 Å². The van der Waals surface area contributed by atoms with Gasteiger partial charge < -0.3 is 10.5 Å². The fourth-order valence-electron chi connectivity index (χ4n) is 0.401. The van der Waals surface area contributed by atoms with Crippen LogP contribution in [0.4, 0.5) is 0 Å². The van der Waals surface area contributed by atoms with Crippen molar-refractivity contribution in [1.29, 1.82) is 0 Å². The number of hydrogen-bond donors (Lipinski definition) is 1. The predicted octanol–water partition coefficient (Wildman–Crippen LogP) is 0.885. The first-order chi connectivity index (χ1) is 3.81. The van der Waals surface area contributed by atoms with Gasteiger partial charge in [-0.25, -0.2) is 0 Å². The van der Waals surface area contributed by atoms with E-state index in [9.17, 15) is 0 Å². The van der Waals surface area contributed by atoms with Gasteiger partial charge in [0.05, 0.1) is 12.9 Å². The van der Waals surface area contributed by atoms with Gasteiger partial charge in [0.2, 0.25) is 0 Å². The fraction of sp³-hybridized carbons (Fsp3) is 0.667. The number of hydrogen-bond acceptors (Lipinski definition) is 2. The maximum atomic E-state index is 5.23. The molecular formula is C6H13NO. The number of allylic oxidation sites excluding steroid dienone is 1. The number of ether oxygens (including phenoxy) is 1. The molecule has 0 spiro atoms. The van der Waals surface area contributed by atoms with E-state index in [0.29, 0.717) is 6.54 Å². The van der Waals surface area contributed by atoms with Crippen molar-refractivity contribution in [3.8, 4) is 0 Å². The third-order valence-electron chi connectivity index (χ3n) is 0.948. The van der Waals surface area contributed by atoms with Crippen LogP contribution in [0.25, 0.3) is 0 Å². The minimum absolute atomic E-state index is 0.711. The van der Waals surface area contributed by atoms with Crippen molar-refractivity contribution in [2.75, 3.05) is 13.7 Å². The van der Waals surface area contributed by atoms with Crippen LogP contribution in [0.1, 0.15) is 12.8 Å². The van der Waals surface area contributed by atoms with Gasteiger partial charge in [-0.1, -0.05) is 6.58 Å². The summed E-state index contributed by atoms with van der Waals surface area (Å²) in [6.07, 6.45) is 1.85. The average molecular weight is 115 g/mol. The van der Waals surface area contributed by atoms with E-state index in [-0.39, 0.29) is 0 Å². The monoisotopic (exact) mass is 115 g/mol. The van der Waals surface area contributed by atoms with E-state index in [4.69, 9.17) is 10.5 Å². The van der Waals surface area contributed by atoms with E-state index in [1.54, 1.807) is 7.11 Å². The van der Waals surface area contributed by atoms with Gasteiger partial charge in [-0.15, -0.1) is 0 Å². The molecule has 0 heterocycles. The summed E-state index contributed by atoms with van der Waals surface area (Å²) in [6.45, 7) is 4.34. The molecule has 0 saturated heterocycles. The van der Waals surface area contributed by atoms with Crippen molar-refractivity contribution < 1.29 is 4.74 Å². The molecule has 0 aromatic heterocycles. The van der Waals surface area contributed by atoms with Crippen molar-refractivity contribution in [3.63, 3.8) is 0 Å². The molecule has 2 heteroatoms. The summed E-state index contributed by atoms with van der Waals surface area (Å²) < 4.78 is 4.80. The smallest absolute Gasteiger partial charge is 0.0884 e. The zero-order valence-electron chi connectivity index (χ0n) is 5.31. The van der Waals surface area contributed by atoms with Gasteiger partial charge >= 0.3 is 0 Å². The standard InChI is InChI=1S/C6H13NO/c1-6(8-2)4-3-5-7/h1,3-5,7H2,2H3. The Balaban J connectivity index is 2.99. The summed E-state index contributed by atoms with van der Waals surface area (Å²) in [5, 5.41) is 0. The lowest BCUT2D eigenvalue weighted by atomic mass is 10.3.